The molecule has 5 rings (SSSR count). The molecule has 10 heteroatoms. The number of aromatic nitrogens is 1. The number of ether oxygens (including phenoxy) is 1. The van der Waals surface area contributed by atoms with E-state index in [2.05, 4.69) is 25.5 Å². The molecule has 2 aromatic carbocycles. The molecule has 1 unspecified atom stereocenters. The summed E-state index contributed by atoms with van der Waals surface area (Å²) in [5.41, 5.74) is 2.20. The number of hydrogen-bond donors (Lipinski definition) is 2. The molecular formula is C26H25FN6O3. The number of hydrogen-bond acceptors (Lipinski definition) is 6. The number of para-hydroxylation sites is 1. The Bertz CT molecular complexity index is 1320. The summed E-state index contributed by atoms with van der Waals surface area (Å²) in [5, 5.41) is 5.38. The second kappa shape index (κ2) is 10.1. The smallest absolute Gasteiger partial charge is 0.321 e. The molecule has 0 radical (unpaired) electrons. The standard InChI is InChI=1S/C26H25FN6O3/c1-32-21-9-5-3-7-19(21)23(18-6-2-4-8-20(18)27)30-24(25(32)34)31-26(35)29-17-10-11-28-22(16-17)33-12-14-36-15-13-33/h2-11,16,24H,12-15H2,1H3,(H2,28,29,31,35). The lowest BCUT2D eigenvalue weighted by atomic mass is 10.00. The third-order valence-electron chi connectivity index (χ3n) is 6.08. The zero-order valence-corrected chi connectivity index (χ0v) is 19.6. The van der Waals surface area contributed by atoms with Gasteiger partial charge in [-0.05, 0) is 24.3 Å². The Hall–Kier alpha value is -4.31. The van der Waals surface area contributed by atoms with Crippen molar-refractivity contribution in [1.82, 2.24) is 10.3 Å². The maximum atomic E-state index is 14.8. The van der Waals surface area contributed by atoms with E-state index in [0.29, 0.717) is 43.2 Å². The molecule has 3 aromatic rings. The number of fused-ring (bicyclic) bond motifs is 1. The number of anilines is 3. The number of benzene rings is 2. The van der Waals surface area contributed by atoms with Crippen LogP contribution in [0.4, 0.5) is 26.4 Å². The van der Waals surface area contributed by atoms with Crippen LogP contribution in [0.5, 0.6) is 0 Å². The number of benzodiazepines with no additional fused rings is 1. The summed E-state index contributed by atoms with van der Waals surface area (Å²) in [5.74, 6) is -0.206. The summed E-state index contributed by atoms with van der Waals surface area (Å²) in [6, 6.07) is 16.1. The minimum Gasteiger partial charge on any atom is -0.378 e. The van der Waals surface area contributed by atoms with Crippen molar-refractivity contribution in [2.45, 2.75) is 6.17 Å². The summed E-state index contributed by atoms with van der Waals surface area (Å²) in [6.45, 7) is 2.64. The Labute approximate surface area is 207 Å². The van der Waals surface area contributed by atoms with Crippen molar-refractivity contribution in [2.75, 3.05) is 48.5 Å². The number of aliphatic imine (C=N–C) groups is 1. The molecule has 1 aromatic heterocycles. The fourth-order valence-electron chi connectivity index (χ4n) is 4.24. The van der Waals surface area contributed by atoms with Gasteiger partial charge in [0.1, 0.15) is 11.6 Å². The topological polar surface area (TPSA) is 99.2 Å². The Morgan fingerprint density at radius 2 is 1.78 bits per heavy atom. The lowest BCUT2D eigenvalue weighted by Crippen LogP contribution is -2.47. The summed E-state index contributed by atoms with van der Waals surface area (Å²) in [4.78, 5) is 38.6. The fraction of sp³-hybridized carbons (Fsp3) is 0.231. The van der Waals surface area contributed by atoms with Gasteiger partial charge in [0.25, 0.3) is 5.91 Å². The predicted octanol–water partition coefficient (Wildman–Crippen LogP) is 3.02. The maximum Gasteiger partial charge on any atom is 0.321 e. The Kier molecular flexibility index (Phi) is 6.59. The monoisotopic (exact) mass is 488 g/mol. The van der Waals surface area contributed by atoms with Crippen LogP contribution in [0, 0.1) is 5.82 Å². The second-order valence-electron chi connectivity index (χ2n) is 8.38. The quantitative estimate of drug-likeness (QED) is 0.588. The van der Waals surface area contributed by atoms with E-state index >= 15 is 0 Å². The van der Waals surface area contributed by atoms with Crippen molar-refractivity contribution in [2.24, 2.45) is 4.99 Å². The van der Waals surface area contributed by atoms with Crippen molar-refractivity contribution in [1.29, 1.82) is 0 Å². The summed E-state index contributed by atoms with van der Waals surface area (Å²) >= 11 is 0. The number of nitrogens with one attached hydrogen (secondary N) is 2. The lowest BCUT2D eigenvalue weighted by molar-refractivity contribution is -0.119. The van der Waals surface area contributed by atoms with Gasteiger partial charge in [-0.15, -0.1) is 0 Å². The molecule has 0 aliphatic carbocycles. The molecule has 3 heterocycles. The van der Waals surface area contributed by atoms with Gasteiger partial charge in [0.15, 0.2) is 0 Å². The molecule has 0 saturated carbocycles. The van der Waals surface area contributed by atoms with Crippen LogP contribution in [-0.2, 0) is 9.53 Å². The first-order chi connectivity index (χ1) is 17.5. The van der Waals surface area contributed by atoms with Crippen molar-refractivity contribution < 1.29 is 18.7 Å². The number of carbonyl (C=O) groups excluding carboxylic acids is 2. The van der Waals surface area contributed by atoms with Crippen molar-refractivity contribution in [3.05, 3.63) is 83.8 Å². The van der Waals surface area contributed by atoms with Gasteiger partial charge in [-0.1, -0.05) is 30.3 Å². The molecule has 1 atom stereocenters. The zero-order valence-electron chi connectivity index (χ0n) is 19.6. The van der Waals surface area contributed by atoms with Crippen LogP contribution < -0.4 is 20.4 Å². The van der Waals surface area contributed by atoms with Crippen LogP contribution in [0.1, 0.15) is 11.1 Å². The van der Waals surface area contributed by atoms with E-state index in [1.54, 1.807) is 67.8 Å². The largest absolute Gasteiger partial charge is 0.378 e. The number of rotatable bonds is 4. The van der Waals surface area contributed by atoms with Crippen molar-refractivity contribution in [3.63, 3.8) is 0 Å². The highest BCUT2D eigenvalue weighted by molar-refractivity contribution is 6.20. The van der Waals surface area contributed by atoms with Gasteiger partial charge in [0, 0.05) is 49.2 Å². The molecule has 3 amide bonds. The van der Waals surface area contributed by atoms with Gasteiger partial charge in [0.2, 0.25) is 6.17 Å². The molecule has 36 heavy (non-hydrogen) atoms. The fourth-order valence-corrected chi connectivity index (χ4v) is 4.24. The Morgan fingerprint density at radius 3 is 2.56 bits per heavy atom. The summed E-state index contributed by atoms with van der Waals surface area (Å²) < 4.78 is 20.1. The van der Waals surface area contributed by atoms with Gasteiger partial charge in [-0.2, -0.15) is 0 Å². The van der Waals surface area contributed by atoms with E-state index in [1.807, 2.05) is 0 Å². The van der Waals surface area contributed by atoms with Crippen LogP contribution in [0.2, 0.25) is 0 Å². The average molecular weight is 489 g/mol. The van der Waals surface area contributed by atoms with Gasteiger partial charge < -0.3 is 25.2 Å². The van der Waals surface area contributed by atoms with Crippen LogP contribution in [0.3, 0.4) is 0 Å². The van der Waals surface area contributed by atoms with Crippen molar-refractivity contribution in [3.8, 4) is 0 Å². The number of carbonyl (C=O) groups is 2. The molecule has 9 nitrogen and oxygen atoms in total. The molecule has 2 aliphatic heterocycles. The van der Waals surface area contributed by atoms with Gasteiger partial charge in [-0.25, -0.2) is 19.2 Å². The highest BCUT2D eigenvalue weighted by Gasteiger charge is 2.31. The molecule has 184 valence electrons. The zero-order chi connectivity index (χ0) is 25.1. The average Bonchev–Trinajstić information content (AvgIpc) is 3.00. The number of amides is 3. The molecule has 0 bridgehead atoms. The summed E-state index contributed by atoms with van der Waals surface area (Å²) in [7, 11) is 1.60. The van der Waals surface area contributed by atoms with E-state index in [-0.39, 0.29) is 11.3 Å². The van der Waals surface area contributed by atoms with Crippen LogP contribution in [-0.4, -0.2) is 62.2 Å². The number of likely N-dealkylation sites (N-methyl/N-ethyl adjacent to an activating group) is 1. The highest BCUT2D eigenvalue weighted by atomic mass is 19.1. The lowest BCUT2D eigenvalue weighted by Gasteiger charge is -2.28. The normalized spacial score (nSPS) is 17.7. The van der Waals surface area contributed by atoms with Crippen LogP contribution >= 0.6 is 0 Å². The van der Waals surface area contributed by atoms with E-state index in [4.69, 9.17) is 4.74 Å². The number of pyridine rings is 1. The second-order valence-corrected chi connectivity index (χ2v) is 8.38. The number of nitrogens with zero attached hydrogens (tertiary/aromatic N) is 4. The molecule has 0 spiro atoms. The first kappa shape index (κ1) is 23.4. The van der Waals surface area contributed by atoms with Crippen molar-refractivity contribution >= 4 is 34.8 Å². The van der Waals surface area contributed by atoms with Gasteiger partial charge >= 0.3 is 6.03 Å². The number of urea groups is 1. The third-order valence-corrected chi connectivity index (χ3v) is 6.08. The number of halogens is 1. The third kappa shape index (κ3) is 4.76. The highest BCUT2D eigenvalue weighted by Crippen LogP contribution is 2.28. The predicted molar refractivity (Wildman–Crippen MR) is 135 cm³/mol. The first-order valence-electron chi connectivity index (χ1n) is 11.6. The molecule has 1 saturated heterocycles. The number of morpholine rings is 1. The minimum atomic E-state index is -1.27. The van der Waals surface area contributed by atoms with E-state index in [0.717, 1.165) is 5.82 Å². The SMILES string of the molecule is CN1C(=O)C(NC(=O)Nc2ccnc(N3CCOCC3)c2)N=C(c2ccccc2F)c2ccccc21. The molecule has 2 aliphatic rings. The minimum absolute atomic E-state index is 0.240. The first-order valence-corrected chi connectivity index (χ1v) is 11.6. The van der Waals surface area contributed by atoms with Gasteiger partial charge in [0.05, 0.1) is 24.6 Å². The van der Waals surface area contributed by atoms with Gasteiger partial charge in [-0.3, -0.25) is 4.79 Å². The van der Waals surface area contributed by atoms with E-state index < -0.39 is 23.9 Å². The molecule has 2 N–H and O–H groups in total. The van der Waals surface area contributed by atoms with E-state index in [9.17, 15) is 14.0 Å². The summed E-state index contributed by atoms with van der Waals surface area (Å²) in [6.07, 6.45) is 0.341. The van der Waals surface area contributed by atoms with Crippen LogP contribution in [0.25, 0.3) is 0 Å². The Balaban J connectivity index is 1.42. The van der Waals surface area contributed by atoms with Crippen LogP contribution in [0.15, 0.2) is 71.9 Å². The molecule has 1 fully saturated rings. The molecular weight excluding hydrogens is 463 g/mol. The Morgan fingerprint density at radius 1 is 1.06 bits per heavy atom. The van der Waals surface area contributed by atoms with E-state index in [1.165, 1.54) is 11.0 Å². The maximum absolute atomic E-state index is 14.8.